The van der Waals surface area contributed by atoms with Crippen molar-refractivity contribution in [1.29, 1.82) is 0 Å². The van der Waals surface area contributed by atoms with Crippen molar-refractivity contribution in [3.05, 3.63) is 98.1 Å². The van der Waals surface area contributed by atoms with Crippen molar-refractivity contribution >= 4 is 45.5 Å². The molecule has 1 aliphatic rings. The van der Waals surface area contributed by atoms with Gasteiger partial charge in [0.15, 0.2) is 17.2 Å². The van der Waals surface area contributed by atoms with E-state index in [0.717, 1.165) is 16.7 Å². The van der Waals surface area contributed by atoms with E-state index in [4.69, 9.17) is 25.8 Å². The molecular weight excluding hydrogens is 530 g/mol. The van der Waals surface area contributed by atoms with Crippen LogP contribution in [0.25, 0.3) is 6.08 Å². The van der Waals surface area contributed by atoms with Crippen molar-refractivity contribution in [1.82, 2.24) is 0 Å². The van der Waals surface area contributed by atoms with E-state index in [1.165, 1.54) is 5.56 Å². The van der Waals surface area contributed by atoms with E-state index in [1.54, 1.807) is 6.08 Å². The van der Waals surface area contributed by atoms with E-state index < -0.39 is 5.97 Å². The zero-order valence-electron chi connectivity index (χ0n) is 19.7. The smallest absolute Gasteiger partial charge is 0.363 e. The molecule has 7 heteroatoms. The summed E-state index contributed by atoms with van der Waals surface area (Å²) in [6.45, 7) is 6.94. The third-order valence-corrected chi connectivity index (χ3v) is 6.18. The fraction of sp³-hybridized carbons (Fsp3) is 0.214. The molecular formula is C28H25BrClNO4. The number of carbonyl (C=O) groups is 1. The molecule has 1 aliphatic heterocycles. The maximum atomic E-state index is 12.5. The number of ether oxygens (including phenoxy) is 3. The number of carbonyl (C=O) groups excluding carboxylic acids is 1. The lowest BCUT2D eigenvalue weighted by atomic mass is 10.0. The summed E-state index contributed by atoms with van der Waals surface area (Å²) in [4.78, 5) is 16.9. The SMILES string of the molecule is CCOc1cc(C=C2N=C(c3ccc(C(C)C)cc3)OC2=O)cc(Br)c1OCc1cccc(Cl)c1. The van der Waals surface area contributed by atoms with Crippen LogP contribution >= 0.6 is 27.5 Å². The van der Waals surface area contributed by atoms with Gasteiger partial charge in [0, 0.05) is 10.6 Å². The molecule has 0 aromatic heterocycles. The van der Waals surface area contributed by atoms with Crippen LogP contribution in [0.1, 0.15) is 48.9 Å². The molecule has 0 radical (unpaired) electrons. The van der Waals surface area contributed by atoms with Gasteiger partial charge in [-0.05, 0) is 87.9 Å². The van der Waals surface area contributed by atoms with Crippen LogP contribution in [0.3, 0.4) is 0 Å². The van der Waals surface area contributed by atoms with E-state index in [-0.39, 0.29) is 5.70 Å². The second-order valence-corrected chi connectivity index (χ2v) is 9.59. The monoisotopic (exact) mass is 553 g/mol. The van der Waals surface area contributed by atoms with Gasteiger partial charge in [0.2, 0.25) is 5.90 Å². The molecule has 4 rings (SSSR count). The van der Waals surface area contributed by atoms with E-state index in [9.17, 15) is 4.79 Å². The summed E-state index contributed by atoms with van der Waals surface area (Å²) in [6.07, 6.45) is 1.67. The average Bonchev–Trinajstić information content (AvgIpc) is 3.19. The van der Waals surface area contributed by atoms with Gasteiger partial charge in [-0.25, -0.2) is 9.79 Å². The Hall–Kier alpha value is -3.09. The standard InChI is InChI=1S/C28H25BrClNO4/c1-4-33-25-15-19(13-23(29)26(25)34-16-18-6-5-7-22(30)12-18)14-24-28(32)35-27(31-24)21-10-8-20(9-11-21)17(2)3/h5-15,17H,4,16H2,1-3H3. The molecule has 0 fully saturated rings. The van der Waals surface area contributed by atoms with Gasteiger partial charge in [-0.15, -0.1) is 0 Å². The number of benzene rings is 3. The minimum Gasteiger partial charge on any atom is -0.490 e. The second kappa shape index (κ2) is 11.1. The molecule has 35 heavy (non-hydrogen) atoms. The van der Waals surface area contributed by atoms with Gasteiger partial charge in [0.25, 0.3) is 0 Å². The number of hydrogen-bond acceptors (Lipinski definition) is 5. The van der Waals surface area contributed by atoms with Gasteiger partial charge < -0.3 is 14.2 Å². The van der Waals surface area contributed by atoms with Crippen molar-refractivity contribution < 1.29 is 19.0 Å². The van der Waals surface area contributed by atoms with E-state index in [0.29, 0.717) is 46.0 Å². The Morgan fingerprint density at radius 2 is 1.86 bits per heavy atom. The Kier molecular flexibility index (Phi) is 7.93. The summed E-state index contributed by atoms with van der Waals surface area (Å²) in [6, 6.07) is 19.0. The molecule has 1 heterocycles. The number of aliphatic imine (C=N–C) groups is 1. The van der Waals surface area contributed by atoms with E-state index in [1.807, 2.05) is 67.6 Å². The topological polar surface area (TPSA) is 57.1 Å². The first-order valence-electron chi connectivity index (χ1n) is 11.3. The third-order valence-electron chi connectivity index (χ3n) is 5.35. The molecule has 0 spiro atoms. The Bertz CT molecular complexity index is 1300. The fourth-order valence-electron chi connectivity index (χ4n) is 3.56. The number of nitrogens with zero attached hydrogens (tertiary/aromatic N) is 1. The Labute approximate surface area is 218 Å². The average molecular weight is 555 g/mol. The van der Waals surface area contributed by atoms with Gasteiger partial charge in [0.1, 0.15) is 6.61 Å². The summed E-state index contributed by atoms with van der Waals surface area (Å²) in [5, 5.41) is 0.649. The Morgan fingerprint density at radius 3 is 2.54 bits per heavy atom. The molecule has 0 bridgehead atoms. The first-order chi connectivity index (χ1) is 16.8. The molecule has 5 nitrogen and oxygen atoms in total. The lowest BCUT2D eigenvalue weighted by molar-refractivity contribution is -0.129. The minimum atomic E-state index is -0.497. The lowest BCUT2D eigenvalue weighted by Gasteiger charge is -2.15. The van der Waals surface area contributed by atoms with Gasteiger partial charge in [-0.3, -0.25) is 0 Å². The highest BCUT2D eigenvalue weighted by Crippen LogP contribution is 2.38. The second-order valence-electron chi connectivity index (χ2n) is 8.29. The van der Waals surface area contributed by atoms with Crippen molar-refractivity contribution in [2.75, 3.05) is 6.61 Å². The van der Waals surface area contributed by atoms with Crippen molar-refractivity contribution in [2.45, 2.75) is 33.3 Å². The Balaban J connectivity index is 1.59. The van der Waals surface area contributed by atoms with Crippen molar-refractivity contribution in [3.8, 4) is 11.5 Å². The van der Waals surface area contributed by atoms with Gasteiger partial charge in [-0.2, -0.15) is 0 Å². The zero-order valence-corrected chi connectivity index (χ0v) is 22.0. The highest BCUT2D eigenvalue weighted by Gasteiger charge is 2.24. The number of rotatable bonds is 8. The zero-order chi connectivity index (χ0) is 24.9. The predicted molar refractivity (Wildman–Crippen MR) is 142 cm³/mol. The van der Waals surface area contributed by atoms with Crippen LogP contribution in [0.4, 0.5) is 0 Å². The maximum Gasteiger partial charge on any atom is 0.363 e. The maximum absolute atomic E-state index is 12.5. The molecule has 0 aliphatic carbocycles. The molecule has 0 saturated carbocycles. The number of esters is 1. The molecule has 0 unspecified atom stereocenters. The van der Waals surface area contributed by atoms with Gasteiger partial charge in [-0.1, -0.05) is 49.7 Å². The molecule has 3 aromatic carbocycles. The predicted octanol–water partition coefficient (Wildman–Crippen LogP) is 7.55. The summed E-state index contributed by atoms with van der Waals surface area (Å²) in [7, 11) is 0. The van der Waals surface area contributed by atoms with Crippen LogP contribution in [0.2, 0.25) is 5.02 Å². The number of hydrogen-bond donors (Lipinski definition) is 0. The fourth-order valence-corrected chi connectivity index (χ4v) is 4.34. The van der Waals surface area contributed by atoms with Crippen molar-refractivity contribution in [2.24, 2.45) is 4.99 Å². The number of halogens is 2. The first kappa shape index (κ1) is 25.0. The molecule has 0 N–H and O–H groups in total. The number of cyclic esters (lactones) is 1. The molecule has 0 saturated heterocycles. The highest BCUT2D eigenvalue weighted by molar-refractivity contribution is 9.10. The van der Waals surface area contributed by atoms with Crippen LogP contribution in [-0.4, -0.2) is 18.5 Å². The summed E-state index contributed by atoms with van der Waals surface area (Å²) < 4.78 is 18.0. The van der Waals surface area contributed by atoms with Crippen LogP contribution in [0.15, 0.2) is 75.8 Å². The Morgan fingerprint density at radius 1 is 1.09 bits per heavy atom. The first-order valence-corrected chi connectivity index (χ1v) is 12.5. The van der Waals surface area contributed by atoms with Crippen molar-refractivity contribution in [3.63, 3.8) is 0 Å². The van der Waals surface area contributed by atoms with E-state index in [2.05, 4.69) is 34.8 Å². The largest absolute Gasteiger partial charge is 0.490 e. The summed E-state index contributed by atoms with van der Waals surface area (Å²) in [5.74, 6) is 1.33. The van der Waals surface area contributed by atoms with E-state index >= 15 is 0 Å². The molecule has 0 atom stereocenters. The van der Waals surface area contributed by atoms with Gasteiger partial charge >= 0.3 is 5.97 Å². The van der Waals surface area contributed by atoms with Crippen LogP contribution in [0.5, 0.6) is 11.5 Å². The van der Waals surface area contributed by atoms with Crippen LogP contribution in [-0.2, 0) is 16.1 Å². The van der Waals surface area contributed by atoms with Gasteiger partial charge in [0.05, 0.1) is 11.1 Å². The quantitative estimate of drug-likeness (QED) is 0.213. The molecule has 3 aromatic rings. The summed E-state index contributed by atoms with van der Waals surface area (Å²) >= 11 is 9.65. The van der Waals surface area contributed by atoms with Crippen LogP contribution in [0, 0.1) is 0 Å². The normalized spacial score (nSPS) is 14.3. The summed E-state index contributed by atoms with van der Waals surface area (Å²) in [5.41, 5.74) is 3.85. The molecule has 0 amide bonds. The highest BCUT2D eigenvalue weighted by atomic mass is 79.9. The van der Waals surface area contributed by atoms with Crippen LogP contribution < -0.4 is 9.47 Å². The molecule has 180 valence electrons. The third kappa shape index (κ3) is 6.13. The lowest BCUT2D eigenvalue weighted by Crippen LogP contribution is -2.05. The minimum absolute atomic E-state index is 0.217.